The molecule has 0 heterocycles. The minimum absolute atomic E-state index is 0.407. The van der Waals surface area contributed by atoms with Gasteiger partial charge in [-0.05, 0) is 68.8 Å². The number of ether oxygens (including phenoxy) is 1. The molecule has 5 aromatic rings. The molecule has 1 aliphatic carbocycles. The number of hydrogen-bond acceptors (Lipinski definition) is 1. The standard InChI is InChI=1S/C34H25BrO/c1-2-24-12-14-25(15-13-24)23-36-29-19-16-27(17-20-29)34(26-8-4-3-5-9-26)32-11-7-6-10-30(32)31-21-18-28(35)22-33(31)34/h2-22H,1,23H2. The van der Waals surface area contributed by atoms with Crippen molar-refractivity contribution < 1.29 is 4.74 Å². The summed E-state index contributed by atoms with van der Waals surface area (Å²) in [6, 6.07) is 43.2. The van der Waals surface area contributed by atoms with E-state index in [0.29, 0.717) is 6.61 Å². The Balaban J connectivity index is 1.44. The Morgan fingerprint density at radius 1 is 0.667 bits per heavy atom. The van der Waals surface area contributed by atoms with E-state index < -0.39 is 5.41 Å². The molecule has 1 nitrogen and oxygen atoms in total. The van der Waals surface area contributed by atoms with Gasteiger partial charge in [-0.1, -0.05) is 126 Å². The van der Waals surface area contributed by atoms with Crippen molar-refractivity contribution in [2.45, 2.75) is 12.0 Å². The number of fused-ring (bicyclic) bond motifs is 3. The van der Waals surface area contributed by atoms with Gasteiger partial charge < -0.3 is 4.74 Å². The van der Waals surface area contributed by atoms with Crippen molar-refractivity contribution in [3.8, 4) is 16.9 Å². The first-order valence-corrected chi connectivity index (χ1v) is 12.9. The van der Waals surface area contributed by atoms with E-state index in [1.54, 1.807) is 0 Å². The van der Waals surface area contributed by atoms with Gasteiger partial charge in [0.15, 0.2) is 0 Å². The van der Waals surface area contributed by atoms with E-state index >= 15 is 0 Å². The van der Waals surface area contributed by atoms with E-state index in [1.807, 2.05) is 6.08 Å². The van der Waals surface area contributed by atoms with Gasteiger partial charge >= 0.3 is 0 Å². The molecule has 0 fully saturated rings. The van der Waals surface area contributed by atoms with Gasteiger partial charge in [0.1, 0.15) is 12.4 Å². The molecule has 5 aromatic carbocycles. The molecule has 0 saturated carbocycles. The Kier molecular flexibility index (Phi) is 5.83. The average Bonchev–Trinajstić information content (AvgIpc) is 3.23. The monoisotopic (exact) mass is 528 g/mol. The van der Waals surface area contributed by atoms with Crippen LogP contribution in [-0.4, -0.2) is 0 Å². The van der Waals surface area contributed by atoms with E-state index in [1.165, 1.54) is 33.4 Å². The molecule has 36 heavy (non-hydrogen) atoms. The first-order valence-electron chi connectivity index (χ1n) is 12.1. The van der Waals surface area contributed by atoms with Crippen LogP contribution in [0.15, 0.2) is 132 Å². The van der Waals surface area contributed by atoms with Crippen LogP contribution in [0, 0.1) is 0 Å². The van der Waals surface area contributed by atoms with Gasteiger partial charge in [0.2, 0.25) is 0 Å². The highest BCUT2D eigenvalue weighted by atomic mass is 79.9. The summed E-state index contributed by atoms with van der Waals surface area (Å²) in [4.78, 5) is 0. The van der Waals surface area contributed by atoms with Gasteiger partial charge in [-0.2, -0.15) is 0 Å². The Hall–Kier alpha value is -3.88. The van der Waals surface area contributed by atoms with Crippen molar-refractivity contribution in [2.75, 3.05) is 0 Å². The second kappa shape index (κ2) is 9.29. The zero-order valence-corrected chi connectivity index (χ0v) is 21.4. The molecule has 1 atom stereocenters. The number of benzene rings is 5. The van der Waals surface area contributed by atoms with Crippen molar-refractivity contribution in [1.82, 2.24) is 0 Å². The van der Waals surface area contributed by atoms with Crippen LogP contribution < -0.4 is 4.74 Å². The molecule has 0 aliphatic heterocycles. The fraction of sp³-hybridized carbons (Fsp3) is 0.0588. The van der Waals surface area contributed by atoms with E-state index in [2.05, 4.69) is 144 Å². The molecule has 2 heteroatoms. The lowest BCUT2D eigenvalue weighted by atomic mass is 9.68. The molecule has 0 amide bonds. The molecular weight excluding hydrogens is 504 g/mol. The molecule has 0 aromatic heterocycles. The predicted octanol–water partition coefficient (Wildman–Crippen LogP) is 9.03. The summed E-state index contributed by atoms with van der Waals surface area (Å²) < 4.78 is 7.23. The van der Waals surface area contributed by atoms with Crippen molar-refractivity contribution in [3.63, 3.8) is 0 Å². The largest absolute Gasteiger partial charge is 0.489 e. The highest BCUT2D eigenvalue weighted by molar-refractivity contribution is 9.10. The van der Waals surface area contributed by atoms with Crippen LogP contribution in [0.25, 0.3) is 17.2 Å². The maximum atomic E-state index is 6.15. The minimum atomic E-state index is -0.407. The van der Waals surface area contributed by atoms with Crippen molar-refractivity contribution >= 4 is 22.0 Å². The highest BCUT2D eigenvalue weighted by Crippen LogP contribution is 2.56. The maximum absolute atomic E-state index is 6.15. The zero-order valence-electron chi connectivity index (χ0n) is 19.8. The topological polar surface area (TPSA) is 9.23 Å². The van der Waals surface area contributed by atoms with E-state index in [4.69, 9.17) is 4.74 Å². The molecule has 1 aliphatic rings. The first kappa shape index (κ1) is 22.6. The predicted molar refractivity (Wildman–Crippen MR) is 152 cm³/mol. The van der Waals surface area contributed by atoms with Gasteiger partial charge in [-0.3, -0.25) is 0 Å². The summed E-state index contributed by atoms with van der Waals surface area (Å²) in [5.74, 6) is 0.857. The molecule has 0 bridgehead atoms. The first-order chi connectivity index (χ1) is 17.7. The Morgan fingerprint density at radius 3 is 2.08 bits per heavy atom. The highest BCUT2D eigenvalue weighted by Gasteiger charge is 2.45. The van der Waals surface area contributed by atoms with E-state index in [0.717, 1.165) is 21.3 Å². The summed E-state index contributed by atoms with van der Waals surface area (Å²) in [5, 5.41) is 0. The lowest BCUT2D eigenvalue weighted by Gasteiger charge is -2.34. The molecule has 1 unspecified atom stereocenters. The average molecular weight is 529 g/mol. The molecule has 0 radical (unpaired) electrons. The minimum Gasteiger partial charge on any atom is -0.489 e. The summed E-state index contributed by atoms with van der Waals surface area (Å²) in [7, 11) is 0. The summed E-state index contributed by atoms with van der Waals surface area (Å²) in [5.41, 5.74) is 9.47. The molecule has 0 saturated heterocycles. The Labute approximate surface area is 220 Å². The summed E-state index contributed by atoms with van der Waals surface area (Å²) in [6.07, 6.45) is 1.85. The summed E-state index contributed by atoms with van der Waals surface area (Å²) >= 11 is 3.74. The third-order valence-corrected chi connectivity index (χ3v) is 7.62. The Morgan fingerprint density at radius 2 is 1.33 bits per heavy atom. The molecule has 6 rings (SSSR count). The molecular formula is C34H25BrO. The van der Waals surface area contributed by atoms with Crippen LogP contribution in [0.3, 0.4) is 0 Å². The van der Waals surface area contributed by atoms with Gasteiger partial charge in [0, 0.05) is 4.47 Å². The van der Waals surface area contributed by atoms with Gasteiger partial charge in [0.05, 0.1) is 5.41 Å². The van der Waals surface area contributed by atoms with E-state index in [9.17, 15) is 0 Å². The van der Waals surface area contributed by atoms with Crippen LogP contribution in [0.1, 0.15) is 33.4 Å². The molecule has 0 N–H and O–H groups in total. The van der Waals surface area contributed by atoms with E-state index in [-0.39, 0.29) is 0 Å². The van der Waals surface area contributed by atoms with Crippen molar-refractivity contribution in [3.05, 3.63) is 166 Å². The quantitative estimate of drug-likeness (QED) is 0.209. The van der Waals surface area contributed by atoms with Crippen LogP contribution in [0.2, 0.25) is 0 Å². The fourth-order valence-corrected chi connectivity index (χ4v) is 5.81. The lowest BCUT2D eigenvalue weighted by molar-refractivity contribution is 0.306. The molecule has 174 valence electrons. The van der Waals surface area contributed by atoms with Gasteiger partial charge in [-0.15, -0.1) is 0 Å². The van der Waals surface area contributed by atoms with Crippen molar-refractivity contribution in [1.29, 1.82) is 0 Å². The van der Waals surface area contributed by atoms with Gasteiger partial charge in [0.25, 0.3) is 0 Å². The SMILES string of the molecule is C=Cc1ccc(COc2ccc(C3(c4ccccc4)c4ccccc4-c4ccc(Br)cc43)cc2)cc1. The second-order valence-corrected chi connectivity index (χ2v) is 10.0. The smallest absolute Gasteiger partial charge is 0.119 e. The number of hydrogen-bond donors (Lipinski definition) is 0. The lowest BCUT2D eigenvalue weighted by Crippen LogP contribution is -2.28. The van der Waals surface area contributed by atoms with Crippen LogP contribution in [0.4, 0.5) is 0 Å². The third-order valence-electron chi connectivity index (χ3n) is 7.12. The van der Waals surface area contributed by atoms with Gasteiger partial charge in [-0.25, -0.2) is 0 Å². The Bertz CT molecular complexity index is 1540. The maximum Gasteiger partial charge on any atom is 0.119 e. The normalized spacial score (nSPS) is 15.7. The van der Waals surface area contributed by atoms with Crippen molar-refractivity contribution in [2.24, 2.45) is 0 Å². The number of halogens is 1. The zero-order chi connectivity index (χ0) is 24.5. The third kappa shape index (κ3) is 3.70. The number of rotatable bonds is 6. The summed E-state index contributed by atoms with van der Waals surface area (Å²) in [6.45, 7) is 4.35. The fourth-order valence-electron chi connectivity index (χ4n) is 5.45. The second-order valence-electron chi connectivity index (χ2n) is 9.11. The van der Waals surface area contributed by atoms with Crippen LogP contribution in [0.5, 0.6) is 5.75 Å². The van der Waals surface area contributed by atoms with Crippen LogP contribution in [-0.2, 0) is 12.0 Å². The van der Waals surface area contributed by atoms with Crippen LogP contribution >= 0.6 is 15.9 Å². The molecule has 0 spiro atoms.